The fourth-order valence-electron chi connectivity index (χ4n) is 4.65. The third kappa shape index (κ3) is 3.74. The number of piperazine rings is 1. The van der Waals surface area contributed by atoms with Crippen molar-refractivity contribution in [1.82, 2.24) is 14.9 Å². The number of H-pyrrole nitrogens is 1. The summed E-state index contributed by atoms with van der Waals surface area (Å²) in [6.07, 6.45) is 6.32. The Morgan fingerprint density at radius 3 is 2.64 bits per heavy atom. The summed E-state index contributed by atoms with van der Waals surface area (Å²) in [6, 6.07) is 0. The molecule has 0 saturated carbocycles. The minimum Gasteiger partial charge on any atom is -0.331 e. The van der Waals surface area contributed by atoms with Gasteiger partial charge in [0.15, 0.2) is 5.82 Å². The van der Waals surface area contributed by atoms with E-state index in [-0.39, 0.29) is 11.5 Å². The van der Waals surface area contributed by atoms with Gasteiger partial charge in [0.1, 0.15) is 11.4 Å². The maximum absolute atomic E-state index is 12.7. The van der Waals surface area contributed by atoms with Gasteiger partial charge in [0.25, 0.3) is 5.56 Å². The van der Waals surface area contributed by atoms with Crippen molar-refractivity contribution in [2.24, 2.45) is 5.92 Å². The molecule has 1 aliphatic carbocycles. The summed E-state index contributed by atoms with van der Waals surface area (Å²) in [5, 5.41) is 0.832. The fourth-order valence-corrected chi connectivity index (χ4v) is 5.93. The summed E-state index contributed by atoms with van der Waals surface area (Å²) in [7, 11) is 0. The van der Waals surface area contributed by atoms with Gasteiger partial charge in [-0.25, -0.2) is 4.98 Å². The Labute approximate surface area is 169 Å². The number of nitrogens with one attached hydrogen (secondary N) is 2. The Morgan fingerprint density at radius 1 is 1.21 bits per heavy atom. The normalized spacial score (nSPS) is 18.0. The predicted molar refractivity (Wildman–Crippen MR) is 112 cm³/mol. The number of rotatable bonds is 5. The zero-order chi connectivity index (χ0) is 19.7. The lowest BCUT2D eigenvalue weighted by Gasteiger charge is -2.33. The van der Waals surface area contributed by atoms with Crippen molar-refractivity contribution in [3.05, 3.63) is 26.6 Å². The number of quaternary nitrogens is 1. The molecule has 2 N–H and O–H groups in total. The first kappa shape index (κ1) is 19.6. The Balaban J connectivity index is 1.44. The topological polar surface area (TPSA) is 70.5 Å². The highest BCUT2D eigenvalue weighted by atomic mass is 32.1. The molecular formula is C21H31N4O2S+. The van der Waals surface area contributed by atoms with E-state index < -0.39 is 0 Å². The van der Waals surface area contributed by atoms with E-state index in [2.05, 4.69) is 18.8 Å². The van der Waals surface area contributed by atoms with Crippen LogP contribution in [0.15, 0.2) is 4.79 Å². The van der Waals surface area contributed by atoms with Gasteiger partial charge in [-0.1, -0.05) is 13.8 Å². The van der Waals surface area contributed by atoms with Crippen LogP contribution in [0.5, 0.6) is 0 Å². The Hall–Kier alpha value is -1.73. The first-order valence-electron chi connectivity index (χ1n) is 10.8. The summed E-state index contributed by atoms with van der Waals surface area (Å²) in [6.45, 7) is 8.32. The molecule has 1 fully saturated rings. The number of fused-ring (bicyclic) bond motifs is 3. The molecule has 1 saturated heterocycles. The number of nitrogens with zero attached hydrogens (tertiary/aromatic N) is 2. The van der Waals surface area contributed by atoms with Gasteiger partial charge in [0, 0.05) is 10.8 Å². The van der Waals surface area contributed by atoms with Crippen LogP contribution in [-0.4, -0.2) is 47.0 Å². The molecule has 0 spiro atoms. The Kier molecular flexibility index (Phi) is 5.83. The number of hydrogen-bond acceptors (Lipinski definition) is 4. The van der Waals surface area contributed by atoms with Crippen LogP contribution in [0.2, 0.25) is 0 Å². The van der Waals surface area contributed by atoms with E-state index in [1.54, 1.807) is 11.3 Å². The third-order valence-corrected chi connectivity index (χ3v) is 7.59. The number of aromatic nitrogens is 2. The standard InChI is InChI=1S/C21H30N4O2S/c1-3-14(4-2)21(27)25-11-9-24(10-12-25)13-17-22-19(26)18-15-7-5-6-8-16(15)28-20(18)23-17/h14H,3-13H2,1-2H3,(H,22,23,26)/p+1. The number of amides is 1. The number of hydrogen-bond donors (Lipinski definition) is 2. The fraction of sp³-hybridized carbons (Fsp3) is 0.667. The zero-order valence-corrected chi connectivity index (χ0v) is 17.8. The van der Waals surface area contributed by atoms with E-state index in [0.717, 1.165) is 74.4 Å². The van der Waals surface area contributed by atoms with Crippen LogP contribution in [0.1, 0.15) is 55.8 Å². The van der Waals surface area contributed by atoms with Gasteiger partial charge in [-0.3, -0.25) is 9.59 Å². The van der Waals surface area contributed by atoms with Crippen molar-refractivity contribution in [2.45, 2.75) is 58.9 Å². The first-order chi connectivity index (χ1) is 13.6. The van der Waals surface area contributed by atoms with Gasteiger partial charge in [-0.2, -0.15) is 0 Å². The average molecular weight is 404 g/mol. The van der Waals surface area contributed by atoms with Crippen LogP contribution >= 0.6 is 11.3 Å². The molecule has 6 nitrogen and oxygen atoms in total. The molecule has 2 aromatic rings. The van der Waals surface area contributed by atoms with Crippen LogP contribution in [-0.2, 0) is 24.2 Å². The summed E-state index contributed by atoms with van der Waals surface area (Å²) in [4.78, 5) is 38.8. The molecule has 2 aliphatic rings. The molecule has 152 valence electrons. The van der Waals surface area contributed by atoms with Crippen molar-refractivity contribution in [3.63, 3.8) is 0 Å². The van der Waals surface area contributed by atoms with Gasteiger partial charge in [0.05, 0.1) is 31.6 Å². The quantitative estimate of drug-likeness (QED) is 0.795. The molecule has 0 bridgehead atoms. The van der Waals surface area contributed by atoms with Crippen molar-refractivity contribution >= 4 is 27.5 Å². The van der Waals surface area contributed by atoms with E-state index in [1.807, 2.05) is 4.90 Å². The van der Waals surface area contributed by atoms with Crippen LogP contribution in [0.25, 0.3) is 10.2 Å². The smallest absolute Gasteiger partial charge is 0.260 e. The number of thiophene rings is 1. The second-order valence-corrected chi connectivity index (χ2v) is 9.25. The second-order valence-electron chi connectivity index (χ2n) is 8.17. The number of aryl methyl sites for hydroxylation is 2. The molecule has 1 aliphatic heterocycles. The molecule has 3 heterocycles. The van der Waals surface area contributed by atoms with Gasteiger partial charge in [-0.15, -0.1) is 11.3 Å². The highest BCUT2D eigenvalue weighted by molar-refractivity contribution is 7.18. The van der Waals surface area contributed by atoms with Gasteiger partial charge in [-0.05, 0) is 44.1 Å². The second kappa shape index (κ2) is 8.33. The van der Waals surface area contributed by atoms with Crippen LogP contribution in [0.3, 0.4) is 0 Å². The lowest BCUT2D eigenvalue weighted by Crippen LogP contribution is -3.13. The van der Waals surface area contributed by atoms with Crippen molar-refractivity contribution in [3.8, 4) is 0 Å². The first-order valence-corrected chi connectivity index (χ1v) is 11.6. The number of carbonyl (C=O) groups is 1. The highest BCUT2D eigenvalue weighted by Gasteiger charge is 2.28. The summed E-state index contributed by atoms with van der Waals surface area (Å²) in [5.74, 6) is 1.25. The Morgan fingerprint density at radius 2 is 1.93 bits per heavy atom. The summed E-state index contributed by atoms with van der Waals surface area (Å²) >= 11 is 1.71. The van der Waals surface area contributed by atoms with E-state index in [0.29, 0.717) is 5.91 Å². The molecule has 0 atom stereocenters. The molecule has 0 radical (unpaired) electrons. The molecule has 4 rings (SSSR count). The number of aromatic amines is 1. The van der Waals surface area contributed by atoms with Crippen LogP contribution < -0.4 is 10.5 Å². The molecule has 0 unspecified atom stereocenters. The van der Waals surface area contributed by atoms with Gasteiger partial charge in [0.2, 0.25) is 5.91 Å². The highest BCUT2D eigenvalue weighted by Crippen LogP contribution is 2.33. The maximum Gasteiger partial charge on any atom is 0.260 e. The molecule has 7 heteroatoms. The minimum absolute atomic E-state index is 0.0290. The third-order valence-electron chi connectivity index (χ3n) is 6.41. The zero-order valence-electron chi connectivity index (χ0n) is 17.0. The van der Waals surface area contributed by atoms with Crippen molar-refractivity contribution in [2.75, 3.05) is 26.2 Å². The van der Waals surface area contributed by atoms with E-state index in [9.17, 15) is 9.59 Å². The summed E-state index contributed by atoms with van der Waals surface area (Å²) in [5.41, 5.74) is 1.27. The predicted octanol–water partition coefficient (Wildman–Crippen LogP) is 1.53. The molecular weight excluding hydrogens is 372 g/mol. The number of carbonyl (C=O) groups excluding carboxylic acids is 1. The van der Waals surface area contributed by atoms with Gasteiger partial charge >= 0.3 is 0 Å². The average Bonchev–Trinajstić information content (AvgIpc) is 3.08. The van der Waals surface area contributed by atoms with Crippen LogP contribution in [0, 0.1) is 5.92 Å². The Bertz CT molecular complexity index is 907. The minimum atomic E-state index is 0.0290. The maximum atomic E-state index is 12.7. The van der Waals surface area contributed by atoms with E-state index in [4.69, 9.17) is 4.98 Å². The molecule has 0 aromatic carbocycles. The van der Waals surface area contributed by atoms with E-state index >= 15 is 0 Å². The lowest BCUT2D eigenvalue weighted by molar-refractivity contribution is -0.918. The molecule has 2 aromatic heterocycles. The summed E-state index contributed by atoms with van der Waals surface area (Å²) < 4.78 is 0. The van der Waals surface area contributed by atoms with Crippen molar-refractivity contribution < 1.29 is 9.69 Å². The SMILES string of the molecule is CCC(CC)C(=O)N1CC[NH+](Cc2nc3sc4c(c3c(=O)[nH]2)CCCC4)CC1. The molecule has 28 heavy (non-hydrogen) atoms. The van der Waals surface area contributed by atoms with E-state index in [1.165, 1.54) is 28.2 Å². The van der Waals surface area contributed by atoms with Gasteiger partial charge < -0.3 is 14.8 Å². The largest absolute Gasteiger partial charge is 0.331 e. The monoisotopic (exact) mass is 403 g/mol. The van der Waals surface area contributed by atoms with Crippen LogP contribution in [0.4, 0.5) is 0 Å². The van der Waals surface area contributed by atoms with Crippen molar-refractivity contribution in [1.29, 1.82) is 0 Å². The molecule has 1 amide bonds. The lowest BCUT2D eigenvalue weighted by atomic mass is 9.97.